The van der Waals surface area contributed by atoms with Gasteiger partial charge in [-0.3, -0.25) is 4.79 Å². The fraction of sp³-hybridized carbons (Fsp3) is 0.150. The van der Waals surface area contributed by atoms with Gasteiger partial charge in [0.25, 0.3) is 5.91 Å². The highest BCUT2D eigenvalue weighted by Crippen LogP contribution is 2.27. The Kier molecular flexibility index (Phi) is 4.60. The lowest BCUT2D eigenvalue weighted by molar-refractivity contribution is 0.1000. The summed E-state index contributed by atoms with van der Waals surface area (Å²) < 4.78 is 0. The smallest absolute Gasteiger partial charge is 0.323 e. The van der Waals surface area contributed by atoms with Crippen molar-refractivity contribution in [3.63, 3.8) is 0 Å². The van der Waals surface area contributed by atoms with Crippen molar-refractivity contribution in [2.45, 2.75) is 19.3 Å². The number of anilines is 2. The summed E-state index contributed by atoms with van der Waals surface area (Å²) >= 11 is 1.24. The van der Waals surface area contributed by atoms with Gasteiger partial charge in [0, 0.05) is 17.6 Å². The van der Waals surface area contributed by atoms with E-state index in [0.29, 0.717) is 5.69 Å². The average Bonchev–Trinajstić information content (AvgIpc) is 3.31. The zero-order valence-corrected chi connectivity index (χ0v) is 15.3. The van der Waals surface area contributed by atoms with Crippen LogP contribution < -0.4 is 16.4 Å². The maximum Gasteiger partial charge on any atom is 0.323 e. The van der Waals surface area contributed by atoms with Crippen molar-refractivity contribution in [2.75, 3.05) is 10.6 Å². The molecule has 3 aromatic rings. The van der Waals surface area contributed by atoms with Gasteiger partial charge in [0.05, 0.1) is 4.88 Å². The number of urea groups is 1. The van der Waals surface area contributed by atoms with Crippen LogP contribution in [0.25, 0.3) is 10.4 Å². The van der Waals surface area contributed by atoms with Gasteiger partial charge in [-0.1, -0.05) is 18.2 Å². The maximum atomic E-state index is 12.2. The second-order valence-electron chi connectivity index (χ2n) is 6.39. The SMILES string of the molecule is NC(=O)c1ncc(-c2ccc(NC(=O)Nc3ccc4c(c3)CCC4)cc2)s1. The van der Waals surface area contributed by atoms with Gasteiger partial charge in [-0.05, 0) is 60.2 Å². The number of nitrogens with two attached hydrogens (primary N) is 1. The number of benzene rings is 2. The third-order valence-corrected chi connectivity index (χ3v) is 5.56. The second-order valence-corrected chi connectivity index (χ2v) is 7.42. The summed E-state index contributed by atoms with van der Waals surface area (Å²) in [5.41, 5.74) is 10.3. The molecule has 3 amide bonds. The van der Waals surface area contributed by atoms with Gasteiger partial charge < -0.3 is 16.4 Å². The highest BCUT2D eigenvalue weighted by Gasteiger charge is 2.12. The number of aryl methyl sites for hydroxylation is 2. The van der Waals surface area contributed by atoms with Crippen molar-refractivity contribution < 1.29 is 9.59 Å². The monoisotopic (exact) mass is 378 g/mol. The van der Waals surface area contributed by atoms with Crippen LogP contribution in [0.5, 0.6) is 0 Å². The Morgan fingerprint density at radius 1 is 0.963 bits per heavy atom. The molecule has 0 aliphatic heterocycles. The Morgan fingerprint density at radius 2 is 1.67 bits per heavy atom. The lowest BCUT2D eigenvalue weighted by Crippen LogP contribution is -2.19. The zero-order valence-electron chi connectivity index (χ0n) is 14.5. The minimum Gasteiger partial charge on any atom is -0.364 e. The molecule has 7 heteroatoms. The fourth-order valence-corrected chi connectivity index (χ4v) is 3.96. The largest absolute Gasteiger partial charge is 0.364 e. The van der Waals surface area contributed by atoms with Gasteiger partial charge in [0.1, 0.15) is 0 Å². The molecule has 0 fully saturated rings. The molecule has 0 saturated heterocycles. The number of primary amides is 1. The van der Waals surface area contributed by atoms with E-state index in [0.717, 1.165) is 29.0 Å². The van der Waals surface area contributed by atoms with E-state index in [9.17, 15) is 9.59 Å². The summed E-state index contributed by atoms with van der Waals surface area (Å²) in [7, 11) is 0. The number of nitrogens with zero attached hydrogens (tertiary/aromatic N) is 1. The standard InChI is InChI=1S/C20H18N4O2S/c21-18(25)19-22-11-17(27-19)13-5-7-15(8-6-13)23-20(26)24-16-9-4-12-2-1-3-14(12)10-16/h4-11H,1-3H2,(H2,21,25)(H2,23,24,26). The molecule has 0 atom stereocenters. The molecular weight excluding hydrogens is 360 g/mol. The van der Waals surface area contributed by atoms with Crippen LogP contribution >= 0.6 is 11.3 Å². The van der Waals surface area contributed by atoms with Crippen LogP contribution in [0.2, 0.25) is 0 Å². The first-order chi connectivity index (χ1) is 13.1. The van der Waals surface area contributed by atoms with Crippen molar-refractivity contribution in [1.82, 2.24) is 4.98 Å². The predicted octanol–water partition coefficient (Wildman–Crippen LogP) is 4.04. The van der Waals surface area contributed by atoms with Gasteiger partial charge in [0.15, 0.2) is 5.01 Å². The number of carbonyl (C=O) groups is 2. The third kappa shape index (κ3) is 3.83. The average molecular weight is 378 g/mol. The lowest BCUT2D eigenvalue weighted by Gasteiger charge is -2.09. The quantitative estimate of drug-likeness (QED) is 0.639. The number of nitrogens with one attached hydrogen (secondary N) is 2. The first kappa shape index (κ1) is 17.2. The molecule has 0 unspecified atom stereocenters. The minimum absolute atomic E-state index is 0.279. The Morgan fingerprint density at radius 3 is 2.41 bits per heavy atom. The lowest BCUT2D eigenvalue weighted by atomic mass is 10.1. The number of hydrogen-bond acceptors (Lipinski definition) is 4. The van der Waals surface area contributed by atoms with Gasteiger partial charge in [-0.15, -0.1) is 11.3 Å². The number of rotatable bonds is 4. The van der Waals surface area contributed by atoms with Crippen molar-refractivity contribution in [1.29, 1.82) is 0 Å². The summed E-state index contributed by atoms with van der Waals surface area (Å²) in [5.74, 6) is -0.534. The molecular formula is C20H18N4O2S. The van der Waals surface area contributed by atoms with Crippen molar-refractivity contribution >= 4 is 34.6 Å². The van der Waals surface area contributed by atoms with E-state index in [4.69, 9.17) is 5.73 Å². The fourth-order valence-electron chi connectivity index (χ4n) is 3.18. The highest BCUT2D eigenvalue weighted by molar-refractivity contribution is 7.16. The molecule has 6 nitrogen and oxygen atoms in total. The normalized spacial score (nSPS) is 12.4. The number of thiazole rings is 1. The Balaban J connectivity index is 1.40. The summed E-state index contributed by atoms with van der Waals surface area (Å²) in [4.78, 5) is 28.2. The molecule has 1 aliphatic carbocycles. The molecule has 0 radical (unpaired) electrons. The molecule has 136 valence electrons. The van der Waals surface area contributed by atoms with Gasteiger partial charge in [-0.2, -0.15) is 0 Å². The van der Waals surface area contributed by atoms with Crippen LogP contribution in [-0.4, -0.2) is 16.9 Å². The molecule has 2 aromatic carbocycles. The van der Waals surface area contributed by atoms with Crippen LogP contribution in [0.1, 0.15) is 27.3 Å². The molecule has 0 bridgehead atoms. The highest BCUT2D eigenvalue weighted by atomic mass is 32.1. The second kappa shape index (κ2) is 7.20. The van der Waals surface area contributed by atoms with E-state index in [1.165, 1.54) is 28.9 Å². The van der Waals surface area contributed by atoms with Crippen LogP contribution in [0, 0.1) is 0 Å². The van der Waals surface area contributed by atoms with Crippen LogP contribution in [-0.2, 0) is 12.8 Å². The summed E-state index contributed by atoms with van der Waals surface area (Å²) in [6, 6.07) is 13.1. The van der Waals surface area contributed by atoms with Crippen molar-refractivity contribution in [3.05, 3.63) is 64.8 Å². The maximum absolute atomic E-state index is 12.2. The predicted molar refractivity (Wildman–Crippen MR) is 107 cm³/mol. The van der Waals surface area contributed by atoms with Gasteiger partial charge in [0.2, 0.25) is 0 Å². The van der Waals surface area contributed by atoms with E-state index in [-0.39, 0.29) is 11.0 Å². The van der Waals surface area contributed by atoms with Crippen LogP contribution in [0.15, 0.2) is 48.7 Å². The van der Waals surface area contributed by atoms with Crippen LogP contribution in [0.4, 0.5) is 16.2 Å². The first-order valence-corrected chi connectivity index (χ1v) is 9.46. The molecule has 1 aliphatic rings. The summed E-state index contributed by atoms with van der Waals surface area (Å²) in [5, 5.41) is 5.98. The zero-order chi connectivity index (χ0) is 18.8. The molecule has 1 heterocycles. The van der Waals surface area contributed by atoms with E-state index in [1.54, 1.807) is 18.3 Å². The van der Waals surface area contributed by atoms with E-state index >= 15 is 0 Å². The van der Waals surface area contributed by atoms with Gasteiger partial charge >= 0.3 is 6.03 Å². The molecule has 0 spiro atoms. The molecule has 27 heavy (non-hydrogen) atoms. The van der Waals surface area contributed by atoms with E-state index in [2.05, 4.69) is 21.7 Å². The first-order valence-electron chi connectivity index (χ1n) is 8.64. The summed E-state index contributed by atoms with van der Waals surface area (Å²) in [6.45, 7) is 0. The van der Waals surface area contributed by atoms with Crippen molar-refractivity contribution in [3.8, 4) is 10.4 Å². The van der Waals surface area contributed by atoms with Gasteiger partial charge in [-0.25, -0.2) is 9.78 Å². The number of carbonyl (C=O) groups excluding carboxylic acids is 2. The Labute approximate surface area is 160 Å². The molecule has 4 N–H and O–H groups in total. The van der Waals surface area contributed by atoms with Crippen LogP contribution in [0.3, 0.4) is 0 Å². The third-order valence-electron chi connectivity index (χ3n) is 4.50. The summed E-state index contributed by atoms with van der Waals surface area (Å²) in [6.07, 6.45) is 4.99. The van der Waals surface area contributed by atoms with E-state index < -0.39 is 5.91 Å². The number of aromatic nitrogens is 1. The van der Waals surface area contributed by atoms with Crippen molar-refractivity contribution in [2.24, 2.45) is 5.73 Å². The Hall–Kier alpha value is -3.19. The van der Waals surface area contributed by atoms with E-state index in [1.807, 2.05) is 24.3 Å². The molecule has 4 rings (SSSR count). The Bertz CT molecular complexity index is 1010. The topological polar surface area (TPSA) is 97.1 Å². The number of fused-ring (bicyclic) bond motifs is 1. The minimum atomic E-state index is -0.534. The molecule has 0 saturated carbocycles. The number of amides is 3. The molecule has 1 aromatic heterocycles. The number of hydrogen-bond donors (Lipinski definition) is 3.